The zero-order valence-electron chi connectivity index (χ0n) is 13.3. The number of rotatable bonds is 5. The van der Waals surface area contributed by atoms with Gasteiger partial charge in [-0.2, -0.15) is 0 Å². The molecule has 2 aliphatic carbocycles. The molecule has 0 heterocycles. The predicted octanol–water partition coefficient (Wildman–Crippen LogP) is 1.64. The van der Waals surface area contributed by atoms with Gasteiger partial charge in [0.2, 0.25) is 5.91 Å². The molecule has 0 radical (unpaired) electrons. The van der Waals surface area contributed by atoms with Gasteiger partial charge in [0.1, 0.15) is 5.75 Å². The summed E-state index contributed by atoms with van der Waals surface area (Å²) in [5, 5.41) is 13.2. The van der Waals surface area contributed by atoms with Crippen molar-refractivity contribution < 1.29 is 14.6 Å². The van der Waals surface area contributed by atoms with E-state index in [0.717, 1.165) is 19.3 Å². The molecule has 4 N–H and O–H groups in total. The molecule has 1 amide bonds. The number of benzene rings is 1. The molecule has 0 spiro atoms. The van der Waals surface area contributed by atoms with Gasteiger partial charge in [0.15, 0.2) is 0 Å². The summed E-state index contributed by atoms with van der Waals surface area (Å²) in [4.78, 5) is 12.4. The lowest BCUT2D eigenvalue weighted by Crippen LogP contribution is -2.46. The van der Waals surface area contributed by atoms with Crippen LogP contribution in [-0.4, -0.2) is 30.7 Å². The van der Waals surface area contributed by atoms with Crippen LogP contribution in [0.15, 0.2) is 24.3 Å². The van der Waals surface area contributed by atoms with Crippen molar-refractivity contribution in [3.05, 3.63) is 29.8 Å². The van der Waals surface area contributed by atoms with Gasteiger partial charge in [0.25, 0.3) is 0 Å². The molecule has 0 aliphatic heterocycles. The minimum absolute atomic E-state index is 0. The van der Waals surface area contributed by atoms with Crippen molar-refractivity contribution in [1.82, 2.24) is 5.32 Å². The number of hydrogen-bond acceptors (Lipinski definition) is 4. The number of carbonyl (C=O) groups excluding carboxylic acids is 1. The van der Waals surface area contributed by atoms with Gasteiger partial charge in [-0.1, -0.05) is 18.2 Å². The van der Waals surface area contributed by atoms with Gasteiger partial charge in [0, 0.05) is 18.2 Å². The molecule has 5 atom stereocenters. The summed E-state index contributed by atoms with van der Waals surface area (Å²) < 4.78 is 5.24. The molecule has 1 aromatic rings. The Morgan fingerprint density at radius 1 is 1.39 bits per heavy atom. The quantitative estimate of drug-likeness (QED) is 0.760. The fraction of sp³-hybridized carbons (Fsp3) is 0.588. The van der Waals surface area contributed by atoms with Crippen LogP contribution in [0.3, 0.4) is 0 Å². The molecule has 5 unspecified atom stereocenters. The molecule has 0 aromatic heterocycles. The second-order valence-corrected chi connectivity index (χ2v) is 6.44. The van der Waals surface area contributed by atoms with Crippen molar-refractivity contribution in [2.24, 2.45) is 23.5 Å². The maximum atomic E-state index is 12.4. The highest BCUT2D eigenvalue weighted by Gasteiger charge is 2.48. The molecule has 128 valence electrons. The third-order valence-corrected chi connectivity index (χ3v) is 5.25. The summed E-state index contributed by atoms with van der Waals surface area (Å²) in [7, 11) is 1.57. The summed E-state index contributed by atoms with van der Waals surface area (Å²) in [5.41, 5.74) is 6.87. The van der Waals surface area contributed by atoms with Crippen molar-refractivity contribution in [3.8, 4) is 5.75 Å². The van der Waals surface area contributed by atoms with E-state index in [2.05, 4.69) is 5.32 Å². The van der Waals surface area contributed by atoms with Crippen LogP contribution in [0.4, 0.5) is 0 Å². The first-order chi connectivity index (χ1) is 10.6. The molecule has 6 heteroatoms. The molecule has 5 nitrogen and oxygen atoms in total. The van der Waals surface area contributed by atoms with Gasteiger partial charge in [0.05, 0.1) is 19.1 Å². The number of fused-ring (bicyclic) bond motifs is 2. The summed E-state index contributed by atoms with van der Waals surface area (Å²) in [6, 6.07) is 7.27. The summed E-state index contributed by atoms with van der Waals surface area (Å²) >= 11 is 0. The summed E-state index contributed by atoms with van der Waals surface area (Å²) in [5.74, 6) is 1.43. The predicted molar refractivity (Wildman–Crippen MR) is 90.5 cm³/mol. The molecular formula is C17H25ClN2O3. The van der Waals surface area contributed by atoms with E-state index < -0.39 is 6.10 Å². The fourth-order valence-corrected chi connectivity index (χ4v) is 4.09. The highest BCUT2D eigenvalue weighted by Crippen LogP contribution is 2.47. The summed E-state index contributed by atoms with van der Waals surface area (Å²) in [6.45, 7) is 0.180. The zero-order valence-corrected chi connectivity index (χ0v) is 14.1. The Morgan fingerprint density at radius 2 is 2.09 bits per heavy atom. The van der Waals surface area contributed by atoms with Crippen LogP contribution in [-0.2, 0) is 4.79 Å². The molecule has 2 saturated carbocycles. The highest BCUT2D eigenvalue weighted by molar-refractivity contribution is 5.85. The molecule has 23 heavy (non-hydrogen) atoms. The second-order valence-electron chi connectivity index (χ2n) is 6.44. The van der Waals surface area contributed by atoms with Crippen molar-refractivity contribution in [2.75, 3.05) is 13.7 Å². The average Bonchev–Trinajstić information content (AvgIpc) is 3.13. The number of hydrogen-bond donors (Lipinski definition) is 3. The number of halogens is 1. The van der Waals surface area contributed by atoms with Crippen molar-refractivity contribution in [3.63, 3.8) is 0 Å². The highest BCUT2D eigenvalue weighted by atomic mass is 35.5. The van der Waals surface area contributed by atoms with Gasteiger partial charge in [-0.25, -0.2) is 0 Å². The van der Waals surface area contributed by atoms with Gasteiger partial charge in [-0.3, -0.25) is 4.79 Å². The average molecular weight is 341 g/mol. The lowest BCUT2D eigenvalue weighted by Gasteiger charge is -2.27. The third-order valence-electron chi connectivity index (χ3n) is 5.25. The van der Waals surface area contributed by atoms with Crippen LogP contribution in [0.2, 0.25) is 0 Å². The smallest absolute Gasteiger partial charge is 0.225 e. The van der Waals surface area contributed by atoms with Crippen molar-refractivity contribution >= 4 is 18.3 Å². The number of ether oxygens (including phenoxy) is 1. The van der Waals surface area contributed by atoms with Crippen molar-refractivity contribution in [2.45, 2.75) is 31.4 Å². The van der Waals surface area contributed by atoms with E-state index in [1.807, 2.05) is 12.1 Å². The van der Waals surface area contributed by atoms with E-state index in [0.29, 0.717) is 23.1 Å². The Kier molecular flexibility index (Phi) is 5.89. The monoisotopic (exact) mass is 340 g/mol. The van der Waals surface area contributed by atoms with E-state index in [9.17, 15) is 9.90 Å². The van der Waals surface area contributed by atoms with Gasteiger partial charge >= 0.3 is 0 Å². The zero-order chi connectivity index (χ0) is 15.7. The van der Waals surface area contributed by atoms with Crippen LogP contribution < -0.4 is 15.8 Å². The Labute approximate surface area is 143 Å². The first-order valence-corrected chi connectivity index (χ1v) is 7.96. The van der Waals surface area contributed by atoms with E-state index in [1.165, 1.54) is 0 Å². The number of nitrogens with two attached hydrogens (primary N) is 1. The van der Waals surface area contributed by atoms with Crippen LogP contribution >= 0.6 is 12.4 Å². The molecular weight excluding hydrogens is 316 g/mol. The lowest BCUT2D eigenvalue weighted by atomic mass is 9.84. The standard InChI is InChI=1S/C17H24N2O3.ClH/c1-22-14-5-3-2-4-12(14)13(20)9-19-17(21)15-10-6-7-11(8-10)16(15)18;/h2-5,10-11,13,15-16,20H,6-9,18H2,1H3,(H,19,21);1H. The molecule has 0 saturated heterocycles. The van der Waals surface area contributed by atoms with Gasteiger partial charge < -0.3 is 20.9 Å². The SMILES string of the molecule is COc1ccccc1C(O)CNC(=O)C1C2CCC(C2)C1N.Cl. The largest absolute Gasteiger partial charge is 0.496 e. The first-order valence-electron chi connectivity index (χ1n) is 7.96. The Morgan fingerprint density at radius 3 is 2.74 bits per heavy atom. The number of methoxy groups -OCH3 is 1. The number of aliphatic hydroxyl groups is 1. The molecule has 1 aromatic carbocycles. The minimum atomic E-state index is -0.782. The molecule has 2 aliphatic rings. The number of nitrogens with one attached hydrogen (secondary N) is 1. The Balaban J connectivity index is 0.00000192. The Bertz CT molecular complexity index is 552. The van der Waals surface area contributed by atoms with E-state index in [4.69, 9.17) is 10.5 Å². The fourth-order valence-electron chi connectivity index (χ4n) is 4.09. The maximum absolute atomic E-state index is 12.4. The van der Waals surface area contributed by atoms with Crippen LogP contribution in [0.5, 0.6) is 5.75 Å². The molecule has 2 fully saturated rings. The number of carbonyl (C=O) groups is 1. The van der Waals surface area contributed by atoms with Gasteiger partial charge in [-0.05, 0) is 37.2 Å². The topological polar surface area (TPSA) is 84.6 Å². The van der Waals surface area contributed by atoms with E-state index >= 15 is 0 Å². The van der Waals surface area contributed by atoms with E-state index in [1.54, 1.807) is 19.2 Å². The molecule has 2 bridgehead atoms. The summed E-state index contributed by atoms with van der Waals surface area (Å²) in [6.07, 6.45) is 2.55. The maximum Gasteiger partial charge on any atom is 0.225 e. The van der Waals surface area contributed by atoms with E-state index in [-0.39, 0.29) is 36.8 Å². The van der Waals surface area contributed by atoms with Crippen molar-refractivity contribution in [1.29, 1.82) is 0 Å². The Hall–Kier alpha value is -1.30. The normalized spacial score (nSPS) is 29.7. The van der Waals surface area contributed by atoms with Crippen LogP contribution in [0, 0.1) is 17.8 Å². The number of amides is 1. The minimum Gasteiger partial charge on any atom is -0.496 e. The lowest BCUT2D eigenvalue weighted by molar-refractivity contribution is -0.127. The number of para-hydroxylation sites is 1. The molecule has 3 rings (SSSR count). The third kappa shape index (κ3) is 3.47. The van der Waals surface area contributed by atoms with Crippen LogP contribution in [0.25, 0.3) is 0 Å². The van der Waals surface area contributed by atoms with Gasteiger partial charge in [-0.15, -0.1) is 12.4 Å². The number of aliphatic hydroxyl groups excluding tert-OH is 1. The first kappa shape index (κ1) is 18.0. The van der Waals surface area contributed by atoms with Crippen LogP contribution in [0.1, 0.15) is 30.9 Å². The second kappa shape index (κ2) is 7.51.